The molecular formula is C11H19BrO2. The number of hydrogen-bond acceptors (Lipinski definition) is 2. The fraction of sp³-hybridized carbons (Fsp3) is 1.00. The summed E-state index contributed by atoms with van der Waals surface area (Å²) in [6.45, 7) is 6.19. The summed E-state index contributed by atoms with van der Waals surface area (Å²) in [5.74, 6) is 0. The molecule has 0 spiro atoms. The van der Waals surface area contributed by atoms with E-state index in [1.165, 1.54) is 19.3 Å². The van der Waals surface area contributed by atoms with Gasteiger partial charge in [0.15, 0.2) is 6.29 Å². The van der Waals surface area contributed by atoms with Gasteiger partial charge in [-0.05, 0) is 32.6 Å². The van der Waals surface area contributed by atoms with E-state index in [-0.39, 0.29) is 10.6 Å². The maximum atomic E-state index is 5.79. The molecular weight excluding hydrogens is 244 g/mol. The molecule has 0 aromatic carbocycles. The van der Waals surface area contributed by atoms with Crippen LogP contribution in [0.3, 0.4) is 0 Å². The molecule has 0 amide bonds. The molecule has 1 aliphatic carbocycles. The molecule has 0 radical (unpaired) electrons. The minimum Gasteiger partial charge on any atom is -0.353 e. The van der Waals surface area contributed by atoms with E-state index in [4.69, 9.17) is 9.47 Å². The summed E-state index contributed by atoms with van der Waals surface area (Å²) in [7, 11) is 0. The number of rotatable bonds is 3. The summed E-state index contributed by atoms with van der Waals surface area (Å²) >= 11 is 3.71. The van der Waals surface area contributed by atoms with Crippen molar-refractivity contribution in [3.8, 4) is 0 Å². The van der Waals surface area contributed by atoms with Crippen LogP contribution in [0.15, 0.2) is 0 Å². The van der Waals surface area contributed by atoms with Gasteiger partial charge >= 0.3 is 0 Å². The van der Waals surface area contributed by atoms with Crippen LogP contribution in [-0.2, 0) is 9.47 Å². The van der Waals surface area contributed by atoms with Gasteiger partial charge in [0.1, 0.15) is 0 Å². The van der Waals surface area contributed by atoms with Gasteiger partial charge in [-0.2, -0.15) is 0 Å². The second kappa shape index (κ2) is 3.76. The number of halogens is 1. The predicted octanol–water partition coefficient (Wildman–Crippen LogP) is 3.09. The third-order valence-electron chi connectivity index (χ3n) is 3.58. The summed E-state index contributed by atoms with van der Waals surface area (Å²) in [5.41, 5.74) is 0.313. The lowest BCUT2D eigenvalue weighted by atomic mass is 10.1. The Labute approximate surface area is 94.5 Å². The number of hydrogen-bond donors (Lipinski definition) is 0. The molecule has 1 saturated carbocycles. The first-order valence-corrected chi connectivity index (χ1v) is 6.25. The van der Waals surface area contributed by atoms with Crippen molar-refractivity contribution in [1.29, 1.82) is 0 Å². The third kappa shape index (κ3) is 2.15. The van der Waals surface area contributed by atoms with Crippen LogP contribution in [0.2, 0.25) is 0 Å². The van der Waals surface area contributed by atoms with E-state index in [0.29, 0.717) is 5.41 Å². The largest absolute Gasteiger partial charge is 0.353 e. The highest BCUT2D eigenvalue weighted by Gasteiger charge is 2.59. The van der Waals surface area contributed by atoms with Gasteiger partial charge in [0.05, 0.1) is 6.61 Å². The second-order valence-electron chi connectivity index (χ2n) is 5.04. The Morgan fingerprint density at radius 3 is 2.64 bits per heavy atom. The van der Waals surface area contributed by atoms with Crippen LogP contribution in [0.5, 0.6) is 0 Å². The Hall–Kier alpha value is 0.400. The predicted molar refractivity (Wildman–Crippen MR) is 59.6 cm³/mol. The van der Waals surface area contributed by atoms with Gasteiger partial charge in [0.25, 0.3) is 0 Å². The Kier molecular flexibility index (Phi) is 2.93. The Bertz CT molecular complexity index is 211. The molecule has 2 aliphatic rings. The zero-order valence-electron chi connectivity index (χ0n) is 9.01. The molecule has 2 fully saturated rings. The molecule has 0 N–H and O–H groups in total. The molecule has 1 aliphatic heterocycles. The minimum atomic E-state index is 0.0597. The van der Waals surface area contributed by atoms with Crippen molar-refractivity contribution in [2.45, 2.75) is 50.1 Å². The van der Waals surface area contributed by atoms with Crippen LogP contribution in [-0.4, -0.2) is 23.8 Å². The van der Waals surface area contributed by atoms with Crippen molar-refractivity contribution >= 4 is 15.9 Å². The van der Waals surface area contributed by atoms with Crippen molar-refractivity contribution in [3.05, 3.63) is 0 Å². The summed E-state index contributed by atoms with van der Waals surface area (Å²) in [6, 6.07) is 0. The molecule has 3 heteroatoms. The molecule has 0 aromatic heterocycles. The number of alkyl halides is 1. The van der Waals surface area contributed by atoms with Crippen molar-refractivity contribution < 1.29 is 9.47 Å². The molecule has 3 atom stereocenters. The Balaban J connectivity index is 1.72. The summed E-state index contributed by atoms with van der Waals surface area (Å²) in [6.07, 6.45) is 4.76. The van der Waals surface area contributed by atoms with Crippen LogP contribution in [0.4, 0.5) is 0 Å². The van der Waals surface area contributed by atoms with Crippen molar-refractivity contribution in [2.24, 2.45) is 5.41 Å². The number of ether oxygens (including phenoxy) is 2. The van der Waals surface area contributed by atoms with Crippen LogP contribution in [0.25, 0.3) is 0 Å². The third-order valence-corrected chi connectivity index (χ3v) is 4.82. The Morgan fingerprint density at radius 1 is 1.43 bits per heavy atom. The van der Waals surface area contributed by atoms with Gasteiger partial charge < -0.3 is 9.47 Å². The highest BCUT2D eigenvalue weighted by atomic mass is 79.9. The van der Waals surface area contributed by atoms with E-state index in [2.05, 4.69) is 29.8 Å². The fourth-order valence-corrected chi connectivity index (χ4v) is 2.74. The first-order chi connectivity index (χ1) is 6.54. The van der Waals surface area contributed by atoms with E-state index in [1.807, 2.05) is 0 Å². The molecule has 1 heterocycles. The van der Waals surface area contributed by atoms with Gasteiger partial charge in [-0.3, -0.25) is 0 Å². The highest BCUT2D eigenvalue weighted by molar-refractivity contribution is 9.10. The monoisotopic (exact) mass is 262 g/mol. The van der Waals surface area contributed by atoms with Crippen molar-refractivity contribution in [2.75, 3.05) is 13.2 Å². The van der Waals surface area contributed by atoms with Gasteiger partial charge in [0.2, 0.25) is 0 Å². The smallest absolute Gasteiger partial charge is 0.157 e. The highest BCUT2D eigenvalue weighted by Crippen LogP contribution is 2.61. The van der Waals surface area contributed by atoms with Gasteiger partial charge in [-0.1, -0.05) is 22.9 Å². The zero-order chi connectivity index (χ0) is 10.2. The standard InChI is InChI=1S/C11H19BrO2/c1-10(7-11(10,2)12)8-14-9-5-3-4-6-13-9/h9H,3-8H2,1-2H3. The van der Waals surface area contributed by atoms with Crippen molar-refractivity contribution in [3.63, 3.8) is 0 Å². The van der Waals surface area contributed by atoms with E-state index in [0.717, 1.165) is 19.6 Å². The lowest BCUT2D eigenvalue weighted by molar-refractivity contribution is -0.170. The van der Waals surface area contributed by atoms with E-state index in [9.17, 15) is 0 Å². The van der Waals surface area contributed by atoms with E-state index >= 15 is 0 Å². The molecule has 0 bridgehead atoms. The second-order valence-corrected chi connectivity index (χ2v) is 6.79. The molecule has 1 saturated heterocycles. The first kappa shape index (κ1) is 10.9. The maximum Gasteiger partial charge on any atom is 0.157 e. The molecule has 0 aromatic rings. The average Bonchev–Trinajstić information content (AvgIpc) is 2.65. The first-order valence-electron chi connectivity index (χ1n) is 5.46. The lowest BCUT2D eigenvalue weighted by Gasteiger charge is -2.25. The maximum absolute atomic E-state index is 5.79. The van der Waals surface area contributed by atoms with Gasteiger partial charge in [-0.25, -0.2) is 0 Å². The van der Waals surface area contributed by atoms with E-state index in [1.54, 1.807) is 0 Å². The van der Waals surface area contributed by atoms with Crippen LogP contribution >= 0.6 is 15.9 Å². The SMILES string of the molecule is CC1(Br)CC1(C)COC1CCCCO1. The molecule has 2 rings (SSSR count). The van der Waals surface area contributed by atoms with Gasteiger partial charge in [-0.15, -0.1) is 0 Å². The topological polar surface area (TPSA) is 18.5 Å². The summed E-state index contributed by atoms with van der Waals surface area (Å²) in [5, 5.41) is 0. The van der Waals surface area contributed by atoms with Gasteiger partial charge in [0, 0.05) is 16.3 Å². The van der Waals surface area contributed by atoms with E-state index < -0.39 is 0 Å². The fourth-order valence-electron chi connectivity index (χ4n) is 2.01. The summed E-state index contributed by atoms with van der Waals surface area (Å²) < 4.78 is 11.6. The molecule has 3 unspecified atom stereocenters. The van der Waals surface area contributed by atoms with Crippen LogP contribution in [0, 0.1) is 5.41 Å². The molecule has 14 heavy (non-hydrogen) atoms. The van der Waals surface area contributed by atoms with Crippen LogP contribution < -0.4 is 0 Å². The normalized spacial score (nSPS) is 47.8. The lowest BCUT2D eigenvalue weighted by Crippen LogP contribution is -2.26. The van der Waals surface area contributed by atoms with Crippen LogP contribution in [0.1, 0.15) is 39.5 Å². The average molecular weight is 263 g/mol. The molecule has 2 nitrogen and oxygen atoms in total. The minimum absolute atomic E-state index is 0.0597. The van der Waals surface area contributed by atoms with Crippen molar-refractivity contribution in [1.82, 2.24) is 0 Å². The quantitative estimate of drug-likeness (QED) is 0.728. The summed E-state index contributed by atoms with van der Waals surface area (Å²) in [4.78, 5) is 0. The zero-order valence-corrected chi connectivity index (χ0v) is 10.6. The Morgan fingerprint density at radius 2 is 2.14 bits per heavy atom. The molecule has 82 valence electrons.